The summed E-state index contributed by atoms with van der Waals surface area (Å²) >= 11 is 0. The summed E-state index contributed by atoms with van der Waals surface area (Å²) in [6, 6.07) is 0. The van der Waals surface area contributed by atoms with Gasteiger partial charge in [-0.3, -0.25) is 0 Å². The summed E-state index contributed by atoms with van der Waals surface area (Å²) in [5.74, 6) is 0.829. The Labute approximate surface area is 65.3 Å². The highest BCUT2D eigenvalue weighted by atomic mass is 14.0. The summed E-state index contributed by atoms with van der Waals surface area (Å²) in [7, 11) is 0. The maximum atomic E-state index is 2.39. The van der Waals surface area contributed by atoms with Gasteiger partial charge in [0.25, 0.3) is 0 Å². The van der Waals surface area contributed by atoms with Crippen LogP contribution >= 0.6 is 0 Å². The van der Waals surface area contributed by atoms with Gasteiger partial charge in [0.2, 0.25) is 0 Å². The molecule has 0 bridgehead atoms. The van der Waals surface area contributed by atoms with Crippen molar-refractivity contribution in [3.8, 4) is 0 Å². The quantitative estimate of drug-likeness (QED) is 0.521. The van der Waals surface area contributed by atoms with E-state index in [2.05, 4.69) is 33.8 Å². The molecule has 0 heteroatoms. The van der Waals surface area contributed by atoms with Crippen molar-refractivity contribution >= 4 is 0 Å². The molecule has 0 amide bonds. The molecule has 0 heterocycles. The molecule has 10 heavy (non-hydrogen) atoms. The number of hydrogen-bond donors (Lipinski definition) is 0. The zero-order chi connectivity index (χ0) is 7.98. The van der Waals surface area contributed by atoms with Crippen molar-refractivity contribution in [1.29, 1.82) is 0 Å². The van der Waals surface area contributed by atoms with Gasteiger partial charge in [-0.05, 0) is 32.6 Å². The van der Waals surface area contributed by atoms with Crippen molar-refractivity contribution in [3.63, 3.8) is 0 Å². The Balaban J connectivity index is 3.71. The standard InChI is InChI=1S/C10H20/c1-5-7-10(6-2)8-9(3)4/h8,10H,5-7H2,1-4H3. The molecule has 0 aliphatic heterocycles. The molecule has 0 aromatic carbocycles. The second-order valence-corrected chi connectivity index (χ2v) is 3.20. The van der Waals surface area contributed by atoms with Crippen LogP contribution < -0.4 is 0 Å². The van der Waals surface area contributed by atoms with Crippen molar-refractivity contribution in [3.05, 3.63) is 11.6 Å². The maximum Gasteiger partial charge on any atom is -0.0234 e. The predicted octanol–water partition coefficient (Wildman–Crippen LogP) is 3.78. The van der Waals surface area contributed by atoms with E-state index in [4.69, 9.17) is 0 Å². The Hall–Kier alpha value is -0.260. The average Bonchev–Trinajstić information content (AvgIpc) is 1.86. The summed E-state index contributed by atoms with van der Waals surface area (Å²) in [4.78, 5) is 0. The van der Waals surface area contributed by atoms with E-state index in [0.29, 0.717) is 0 Å². The zero-order valence-electron chi connectivity index (χ0n) is 7.78. The molecule has 0 nitrogen and oxygen atoms in total. The van der Waals surface area contributed by atoms with Crippen LogP contribution in [0.5, 0.6) is 0 Å². The fourth-order valence-corrected chi connectivity index (χ4v) is 1.25. The van der Waals surface area contributed by atoms with E-state index < -0.39 is 0 Å². The molecular formula is C10H20. The van der Waals surface area contributed by atoms with E-state index in [9.17, 15) is 0 Å². The lowest BCUT2D eigenvalue weighted by Crippen LogP contribution is -1.93. The van der Waals surface area contributed by atoms with Crippen molar-refractivity contribution in [2.24, 2.45) is 5.92 Å². The third kappa shape index (κ3) is 4.60. The minimum absolute atomic E-state index is 0.829. The Bertz CT molecular complexity index is 96.6. The van der Waals surface area contributed by atoms with Crippen molar-refractivity contribution < 1.29 is 0 Å². The van der Waals surface area contributed by atoms with Crippen LogP contribution in [0.25, 0.3) is 0 Å². The van der Waals surface area contributed by atoms with E-state index in [0.717, 1.165) is 5.92 Å². The van der Waals surface area contributed by atoms with Crippen LogP contribution in [0, 0.1) is 5.92 Å². The Kier molecular flexibility index (Phi) is 5.38. The molecule has 0 aromatic rings. The van der Waals surface area contributed by atoms with Gasteiger partial charge in [0, 0.05) is 0 Å². The van der Waals surface area contributed by atoms with E-state index >= 15 is 0 Å². The molecule has 0 fully saturated rings. The Morgan fingerprint density at radius 1 is 1.30 bits per heavy atom. The van der Waals surface area contributed by atoms with Gasteiger partial charge in [0.15, 0.2) is 0 Å². The first-order valence-corrected chi connectivity index (χ1v) is 4.35. The van der Waals surface area contributed by atoms with Gasteiger partial charge in [0.05, 0.1) is 0 Å². The molecule has 1 atom stereocenters. The first-order valence-electron chi connectivity index (χ1n) is 4.35. The highest BCUT2D eigenvalue weighted by Gasteiger charge is 1.98. The van der Waals surface area contributed by atoms with Gasteiger partial charge < -0.3 is 0 Å². The van der Waals surface area contributed by atoms with Crippen LogP contribution in [0.4, 0.5) is 0 Å². The van der Waals surface area contributed by atoms with Crippen LogP contribution in [0.1, 0.15) is 47.0 Å². The topological polar surface area (TPSA) is 0 Å². The molecule has 0 rings (SSSR count). The van der Waals surface area contributed by atoms with Crippen molar-refractivity contribution in [2.45, 2.75) is 47.0 Å². The minimum atomic E-state index is 0.829. The number of allylic oxidation sites excluding steroid dienone is 2. The molecular weight excluding hydrogens is 120 g/mol. The highest BCUT2D eigenvalue weighted by Crippen LogP contribution is 2.13. The Morgan fingerprint density at radius 2 is 1.90 bits per heavy atom. The highest BCUT2D eigenvalue weighted by molar-refractivity contribution is 4.96. The van der Waals surface area contributed by atoms with Gasteiger partial charge in [-0.15, -0.1) is 0 Å². The molecule has 0 radical (unpaired) electrons. The molecule has 0 spiro atoms. The Morgan fingerprint density at radius 3 is 2.20 bits per heavy atom. The molecule has 0 saturated carbocycles. The smallest absolute Gasteiger partial charge is 0.0234 e. The summed E-state index contributed by atoms with van der Waals surface area (Å²) in [5.41, 5.74) is 1.46. The largest absolute Gasteiger partial charge is 0.0828 e. The van der Waals surface area contributed by atoms with Gasteiger partial charge in [-0.2, -0.15) is 0 Å². The fraction of sp³-hybridized carbons (Fsp3) is 0.800. The van der Waals surface area contributed by atoms with Crippen LogP contribution in [-0.4, -0.2) is 0 Å². The van der Waals surface area contributed by atoms with Gasteiger partial charge in [-0.25, -0.2) is 0 Å². The van der Waals surface area contributed by atoms with E-state index in [1.54, 1.807) is 0 Å². The summed E-state index contributed by atoms with van der Waals surface area (Å²) in [5, 5.41) is 0. The second kappa shape index (κ2) is 5.52. The first kappa shape index (κ1) is 9.74. The third-order valence-electron chi connectivity index (χ3n) is 1.75. The van der Waals surface area contributed by atoms with E-state index in [1.807, 2.05) is 0 Å². The van der Waals surface area contributed by atoms with E-state index in [-0.39, 0.29) is 0 Å². The number of rotatable bonds is 4. The summed E-state index contributed by atoms with van der Waals surface area (Å²) < 4.78 is 0. The number of hydrogen-bond acceptors (Lipinski definition) is 0. The first-order chi connectivity index (χ1) is 4.70. The lowest BCUT2D eigenvalue weighted by molar-refractivity contribution is 0.560. The van der Waals surface area contributed by atoms with Crippen LogP contribution in [-0.2, 0) is 0 Å². The van der Waals surface area contributed by atoms with Crippen LogP contribution in [0.15, 0.2) is 11.6 Å². The lowest BCUT2D eigenvalue weighted by Gasteiger charge is -2.07. The molecule has 0 aliphatic carbocycles. The molecule has 0 saturated heterocycles. The van der Waals surface area contributed by atoms with Crippen LogP contribution in [0.2, 0.25) is 0 Å². The third-order valence-corrected chi connectivity index (χ3v) is 1.75. The molecule has 0 aromatic heterocycles. The SMILES string of the molecule is CCCC(C=C(C)C)CC. The minimum Gasteiger partial charge on any atom is -0.0828 e. The van der Waals surface area contributed by atoms with Crippen molar-refractivity contribution in [1.82, 2.24) is 0 Å². The van der Waals surface area contributed by atoms with Gasteiger partial charge in [0.1, 0.15) is 0 Å². The summed E-state index contributed by atoms with van der Waals surface area (Å²) in [6.45, 7) is 8.87. The second-order valence-electron chi connectivity index (χ2n) is 3.20. The monoisotopic (exact) mass is 140 g/mol. The summed E-state index contributed by atoms with van der Waals surface area (Å²) in [6.07, 6.45) is 6.34. The van der Waals surface area contributed by atoms with Gasteiger partial charge in [-0.1, -0.05) is 31.9 Å². The van der Waals surface area contributed by atoms with Crippen molar-refractivity contribution in [2.75, 3.05) is 0 Å². The molecule has 0 aliphatic rings. The predicted molar refractivity (Wildman–Crippen MR) is 48.1 cm³/mol. The molecule has 1 unspecified atom stereocenters. The molecule has 0 N–H and O–H groups in total. The zero-order valence-corrected chi connectivity index (χ0v) is 7.78. The van der Waals surface area contributed by atoms with Gasteiger partial charge >= 0.3 is 0 Å². The van der Waals surface area contributed by atoms with Crippen LogP contribution in [0.3, 0.4) is 0 Å². The lowest BCUT2D eigenvalue weighted by atomic mass is 9.99. The molecule has 60 valence electrons. The maximum absolute atomic E-state index is 2.39. The fourth-order valence-electron chi connectivity index (χ4n) is 1.25. The van der Waals surface area contributed by atoms with E-state index in [1.165, 1.54) is 24.8 Å². The normalized spacial score (nSPS) is 12.8. The average molecular weight is 140 g/mol.